The molecule has 2 aromatic carbocycles. The van der Waals surface area contributed by atoms with E-state index in [0.717, 1.165) is 5.92 Å². The van der Waals surface area contributed by atoms with Gasteiger partial charge in [0, 0.05) is 0 Å². The number of aryl methyl sites for hydroxylation is 1. The second-order valence-electron chi connectivity index (χ2n) is 8.76. The predicted molar refractivity (Wildman–Crippen MR) is 115 cm³/mol. The van der Waals surface area contributed by atoms with Gasteiger partial charge in [-0.2, -0.15) is 0 Å². The molecule has 0 bridgehead atoms. The van der Waals surface area contributed by atoms with Gasteiger partial charge < -0.3 is 0 Å². The summed E-state index contributed by atoms with van der Waals surface area (Å²) < 4.78 is 0. The van der Waals surface area contributed by atoms with Crippen LogP contribution < -0.4 is 0 Å². The molecule has 0 saturated heterocycles. The minimum absolute atomic E-state index is 0.602. The second kappa shape index (κ2) is 8.89. The number of rotatable bonds is 7. The van der Waals surface area contributed by atoms with Crippen LogP contribution in [0.4, 0.5) is 0 Å². The Labute approximate surface area is 161 Å². The molecule has 26 heavy (non-hydrogen) atoms. The lowest BCUT2D eigenvalue weighted by Gasteiger charge is -2.37. The molecule has 0 spiro atoms. The molecule has 2 aromatic rings. The van der Waals surface area contributed by atoms with E-state index in [-0.39, 0.29) is 0 Å². The summed E-state index contributed by atoms with van der Waals surface area (Å²) in [5, 5.41) is 0. The number of hydrogen-bond acceptors (Lipinski definition) is 0. The van der Waals surface area contributed by atoms with Crippen LogP contribution in [0.1, 0.15) is 89.2 Å². The summed E-state index contributed by atoms with van der Waals surface area (Å²) in [6, 6.07) is 18.6. The number of benzene rings is 2. The highest BCUT2D eigenvalue weighted by Gasteiger charge is 2.30. The standard InChI is InChI=1S/C26H36/c1-4-6-7-21-8-10-22(11-9-21)23-12-14-24(15-13-23)25-16-19-26(3,18-5-2)20-17-25/h8-15,25H,4-7,16-20H2,1-3H3. The molecular formula is C26H36. The summed E-state index contributed by atoms with van der Waals surface area (Å²) in [5.41, 5.74) is 6.31. The number of hydrogen-bond donors (Lipinski definition) is 0. The van der Waals surface area contributed by atoms with E-state index in [2.05, 4.69) is 69.3 Å². The minimum Gasteiger partial charge on any atom is -0.0654 e. The lowest BCUT2D eigenvalue weighted by Crippen LogP contribution is -2.23. The summed E-state index contributed by atoms with van der Waals surface area (Å²) in [6.45, 7) is 7.08. The Hall–Kier alpha value is -1.56. The molecule has 1 saturated carbocycles. The fourth-order valence-electron chi connectivity index (χ4n) is 4.69. The van der Waals surface area contributed by atoms with Crippen LogP contribution in [-0.2, 0) is 6.42 Å². The summed E-state index contributed by atoms with van der Waals surface area (Å²) in [7, 11) is 0. The van der Waals surface area contributed by atoms with Gasteiger partial charge in [-0.3, -0.25) is 0 Å². The van der Waals surface area contributed by atoms with Crippen molar-refractivity contribution in [3.05, 3.63) is 59.7 Å². The van der Waals surface area contributed by atoms with E-state index < -0.39 is 0 Å². The molecule has 0 atom stereocenters. The van der Waals surface area contributed by atoms with Crippen LogP contribution >= 0.6 is 0 Å². The Morgan fingerprint density at radius 1 is 0.808 bits per heavy atom. The Morgan fingerprint density at radius 2 is 1.38 bits per heavy atom. The van der Waals surface area contributed by atoms with E-state index in [1.807, 2.05) is 0 Å². The molecule has 0 aromatic heterocycles. The van der Waals surface area contributed by atoms with Crippen LogP contribution in [0, 0.1) is 5.41 Å². The monoisotopic (exact) mass is 348 g/mol. The fraction of sp³-hybridized carbons (Fsp3) is 0.538. The van der Waals surface area contributed by atoms with Gasteiger partial charge in [-0.05, 0) is 78.5 Å². The van der Waals surface area contributed by atoms with E-state index in [9.17, 15) is 0 Å². The molecular weight excluding hydrogens is 312 g/mol. The molecule has 0 aliphatic heterocycles. The Balaban J connectivity index is 1.62. The highest BCUT2D eigenvalue weighted by Crippen LogP contribution is 2.45. The lowest BCUT2D eigenvalue weighted by molar-refractivity contribution is 0.182. The third-order valence-corrected chi connectivity index (χ3v) is 6.53. The Bertz CT molecular complexity index is 654. The Kier molecular flexibility index (Phi) is 6.57. The zero-order chi connectivity index (χ0) is 18.4. The zero-order valence-electron chi connectivity index (χ0n) is 17.1. The lowest BCUT2D eigenvalue weighted by atomic mass is 9.68. The van der Waals surface area contributed by atoms with Crippen molar-refractivity contribution in [3.8, 4) is 11.1 Å². The SMILES string of the molecule is CCCCc1ccc(-c2ccc(C3CCC(C)(CCC)CC3)cc2)cc1. The normalized spacial score (nSPS) is 23.1. The van der Waals surface area contributed by atoms with Gasteiger partial charge in [0.15, 0.2) is 0 Å². The van der Waals surface area contributed by atoms with Crippen molar-refractivity contribution in [3.63, 3.8) is 0 Å². The zero-order valence-corrected chi connectivity index (χ0v) is 17.1. The van der Waals surface area contributed by atoms with Gasteiger partial charge in [0.25, 0.3) is 0 Å². The van der Waals surface area contributed by atoms with E-state index in [1.54, 1.807) is 5.56 Å². The minimum atomic E-state index is 0.602. The van der Waals surface area contributed by atoms with E-state index in [4.69, 9.17) is 0 Å². The van der Waals surface area contributed by atoms with Crippen LogP contribution in [-0.4, -0.2) is 0 Å². The highest BCUT2D eigenvalue weighted by atomic mass is 14.4. The molecule has 1 fully saturated rings. The van der Waals surface area contributed by atoms with E-state index in [1.165, 1.54) is 74.5 Å². The third kappa shape index (κ3) is 4.78. The predicted octanol–water partition coefficient (Wildman–Crippen LogP) is 8.16. The average Bonchev–Trinajstić information content (AvgIpc) is 2.68. The first-order valence-corrected chi connectivity index (χ1v) is 10.8. The van der Waals surface area contributed by atoms with E-state index >= 15 is 0 Å². The van der Waals surface area contributed by atoms with Crippen molar-refractivity contribution in [2.45, 2.75) is 84.5 Å². The molecule has 140 valence electrons. The van der Waals surface area contributed by atoms with Gasteiger partial charge in [-0.1, -0.05) is 82.1 Å². The molecule has 0 amide bonds. The van der Waals surface area contributed by atoms with Gasteiger partial charge in [-0.25, -0.2) is 0 Å². The molecule has 0 unspecified atom stereocenters. The molecule has 0 N–H and O–H groups in total. The van der Waals surface area contributed by atoms with Gasteiger partial charge >= 0.3 is 0 Å². The maximum Gasteiger partial charge on any atom is -0.0162 e. The maximum atomic E-state index is 2.50. The first-order valence-electron chi connectivity index (χ1n) is 10.8. The maximum absolute atomic E-state index is 2.50. The largest absolute Gasteiger partial charge is 0.0654 e. The van der Waals surface area contributed by atoms with Crippen LogP contribution in [0.25, 0.3) is 11.1 Å². The quantitative estimate of drug-likeness (QED) is 0.473. The molecule has 0 heteroatoms. The average molecular weight is 349 g/mol. The van der Waals surface area contributed by atoms with E-state index in [0.29, 0.717) is 5.41 Å². The first-order chi connectivity index (χ1) is 12.6. The fourth-order valence-corrected chi connectivity index (χ4v) is 4.69. The van der Waals surface area contributed by atoms with Crippen molar-refractivity contribution in [2.75, 3.05) is 0 Å². The van der Waals surface area contributed by atoms with Crippen LogP contribution in [0.3, 0.4) is 0 Å². The van der Waals surface area contributed by atoms with Gasteiger partial charge in [0.05, 0.1) is 0 Å². The van der Waals surface area contributed by atoms with Crippen LogP contribution in [0.15, 0.2) is 48.5 Å². The van der Waals surface area contributed by atoms with Crippen LogP contribution in [0.5, 0.6) is 0 Å². The summed E-state index contributed by atoms with van der Waals surface area (Å²) in [6.07, 6.45) is 12.0. The summed E-state index contributed by atoms with van der Waals surface area (Å²) in [5.74, 6) is 0.769. The smallest absolute Gasteiger partial charge is 0.0162 e. The van der Waals surface area contributed by atoms with Gasteiger partial charge in [0.2, 0.25) is 0 Å². The third-order valence-electron chi connectivity index (χ3n) is 6.53. The van der Waals surface area contributed by atoms with Crippen LogP contribution in [0.2, 0.25) is 0 Å². The molecule has 3 rings (SSSR count). The van der Waals surface area contributed by atoms with Crippen molar-refractivity contribution in [1.82, 2.24) is 0 Å². The molecule has 1 aliphatic rings. The van der Waals surface area contributed by atoms with Crippen molar-refractivity contribution in [2.24, 2.45) is 5.41 Å². The second-order valence-corrected chi connectivity index (χ2v) is 8.76. The highest BCUT2D eigenvalue weighted by molar-refractivity contribution is 5.64. The summed E-state index contributed by atoms with van der Waals surface area (Å²) in [4.78, 5) is 0. The Morgan fingerprint density at radius 3 is 1.92 bits per heavy atom. The van der Waals surface area contributed by atoms with Crippen molar-refractivity contribution >= 4 is 0 Å². The summed E-state index contributed by atoms with van der Waals surface area (Å²) >= 11 is 0. The van der Waals surface area contributed by atoms with Crippen molar-refractivity contribution in [1.29, 1.82) is 0 Å². The topological polar surface area (TPSA) is 0 Å². The molecule has 1 aliphatic carbocycles. The molecule has 0 heterocycles. The number of unbranched alkanes of at least 4 members (excludes halogenated alkanes) is 1. The van der Waals surface area contributed by atoms with Crippen molar-refractivity contribution < 1.29 is 0 Å². The van der Waals surface area contributed by atoms with Gasteiger partial charge in [-0.15, -0.1) is 0 Å². The molecule has 0 nitrogen and oxygen atoms in total. The van der Waals surface area contributed by atoms with Gasteiger partial charge in [0.1, 0.15) is 0 Å². The molecule has 0 radical (unpaired) electrons. The first kappa shape index (κ1) is 19.2.